The Morgan fingerprint density at radius 2 is 2.17 bits per heavy atom. The molecule has 0 bridgehead atoms. The smallest absolute Gasteiger partial charge is 0.182 e. The highest BCUT2D eigenvalue weighted by molar-refractivity contribution is 9.10. The number of aromatic nitrogens is 3. The molecule has 3 nitrogen and oxygen atoms in total. The fourth-order valence-electron chi connectivity index (χ4n) is 1.84. The summed E-state index contributed by atoms with van der Waals surface area (Å²) in [5.41, 5.74) is 2.38. The van der Waals surface area contributed by atoms with E-state index in [1.165, 1.54) is 6.07 Å². The highest BCUT2D eigenvalue weighted by atomic mass is 79.9. The van der Waals surface area contributed by atoms with Gasteiger partial charge in [0.25, 0.3) is 0 Å². The summed E-state index contributed by atoms with van der Waals surface area (Å²) in [5.74, 6) is -0.321. The fraction of sp³-hybridized carbons (Fsp3) is 0. The van der Waals surface area contributed by atoms with Gasteiger partial charge >= 0.3 is 0 Å². The molecule has 0 saturated carbocycles. The van der Waals surface area contributed by atoms with Gasteiger partial charge in [-0.1, -0.05) is 0 Å². The molecule has 3 aromatic rings. The van der Waals surface area contributed by atoms with Crippen LogP contribution in [0, 0.1) is 10.6 Å². The fourth-order valence-corrected chi connectivity index (χ4v) is 2.40. The van der Waals surface area contributed by atoms with Crippen molar-refractivity contribution in [1.29, 1.82) is 0 Å². The standard InChI is InChI=1S/C12H7BrFN3S/c13-8-2-1-7(5-9(8)14)17-11-3-4-15-6-10(11)16-12(17)18/h1-6H,(H,16,18). The predicted octanol–water partition coefficient (Wildman–Crippen LogP) is 3.98. The summed E-state index contributed by atoms with van der Waals surface area (Å²) in [5, 5.41) is 0. The summed E-state index contributed by atoms with van der Waals surface area (Å²) in [4.78, 5) is 7.06. The Balaban J connectivity index is 2.34. The lowest BCUT2D eigenvalue weighted by molar-refractivity contribution is 0.620. The van der Waals surface area contributed by atoms with Crippen molar-refractivity contribution in [2.24, 2.45) is 0 Å². The van der Waals surface area contributed by atoms with Crippen molar-refractivity contribution in [3.63, 3.8) is 0 Å². The Kier molecular flexibility index (Phi) is 2.76. The number of rotatable bonds is 1. The van der Waals surface area contributed by atoms with Gasteiger partial charge < -0.3 is 4.98 Å². The number of nitrogens with zero attached hydrogens (tertiary/aromatic N) is 2. The molecule has 18 heavy (non-hydrogen) atoms. The average Bonchev–Trinajstić information content (AvgIpc) is 2.69. The number of pyridine rings is 1. The number of hydrogen-bond donors (Lipinski definition) is 1. The topological polar surface area (TPSA) is 33.6 Å². The molecule has 0 saturated heterocycles. The zero-order valence-electron chi connectivity index (χ0n) is 9.02. The maximum atomic E-state index is 13.6. The third kappa shape index (κ3) is 1.77. The molecule has 0 unspecified atom stereocenters. The molecule has 1 N–H and O–H groups in total. The van der Waals surface area contributed by atoms with E-state index in [9.17, 15) is 4.39 Å². The molecular weight excluding hydrogens is 317 g/mol. The number of hydrogen-bond acceptors (Lipinski definition) is 2. The first-order valence-corrected chi connectivity index (χ1v) is 6.37. The highest BCUT2D eigenvalue weighted by Gasteiger charge is 2.08. The summed E-state index contributed by atoms with van der Waals surface area (Å²) < 4.78 is 16.3. The summed E-state index contributed by atoms with van der Waals surface area (Å²) in [7, 11) is 0. The van der Waals surface area contributed by atoms with Gasteiger partial charge in [0.05, 0.1) is 27.4 Å². The van der Waals surface area contributed by atoms with Gasteiger partial charge in [-0.3, -0.25) is 9.55 Å². The quantitative estimate of drug-likeness (QED) is 0.687. The second-order valence-corrected chi connectivity index (χ2v) is 5.00. The number of fused-ring (bicyclic) bond motifs is 1. The molecule has 2 aromatic heterocycles. The number of nitrogens with one attached hydrogen (secondary N) is 1. The van der Waals surface area contributed by atoms with Crippen LogP contribution in [0.3, 0.4) is 0 Å². The van der Waals surface area contributed by atoms with Gasteiger partial charge in [0, 0.05) is 6.20 Å². The van der Waals surface area contributed by atoms with Crippen molar-refractivity contribution in [2.75, 3.05) is 0 Å². The van der Waals surface area contributed by atoms with Crippen LogP contribution in [-0.2, 0) is 0 Å². The zero-order chi connectivity index (χ0) is 12.7. The lowest BCUT2D eigenvalue weighted by atomic mass is 10.3. The van der Waals surface area contributed by atoms with Crippen LogP contribution in [0.25, 0.3) is 16.7 Å². The van der Waals surface area contributed by atoms with E-state index >= 15 is 0 Å². The van der Waals surface area contributed by atoms with E-state index in [1.54, 1.807) is 29.1 Å². The Hall–Kier alpha value is -1.53. The van der Waals surface area contributed by atoms with Crippen molar-refractivity contribution in [2.45, 2.75) is 0 Å². The van der Waals surface area contributed by atoms with Gasteiger partial charge in [-0.2, -0.15) is 0 Å². The van der Waals surface area contributed by atoms with Crippen LogP contribution in [0.2, 0.25) is 0 Å². The van der Waals surface area contributed by atoms with Crippen molar-refractivity contribution in [3.05, 3.63) is 51.7 Å². The van der Waals surface area contributed by atoms with Gasteiger partial charge in [-0.05, 0) is 52.4 Å². The molecule has 0 aliphatic heterocycles. The first-order valence-electron chi connectivity index (χ1n) is 5.17. The van der Waals surface area contributed by atoms with E-state index < -0.39 is 0 Å². The Labute approximate surface area is 115 Å². The molecule has 2 heterocycles. The maximum Gasteiger partial charge on any atom is 0.182 e. The van der Waals surface area contributed by atoms with Gasteiger partial charge in [-0.15, -0.1) is 0 Å². The third-order valence-electron chi connectivity index (χ3n) is 2.65. The monoisotopic (exact) mass is 323 g/mol. The lowest BCUT2D eigenvalue weighted by Gasteiger charge is -2.05. The minimum atomic E-state index is -0.321. The Morgan fingerprint density at radius 1 is 1.33 bits per heavy atom. The van der Waals surface area contributed by atoms with Crippen LogP contribution < -0.4 is 0 Å². The van der Waals surface area contributed by atoms with Crippen molar-refractivity contribution in [1.82, 2.24) is 14.5 Å². The molecule has 90 valence electrons. The van der Waals surface area contributed by atoms with Crippen LogP contribution in [-0.4, -0.2) is 14.5 Å². The molecule has 0 aliphatic carbocycles. The second kappa shape index (κ2) is 4.29. The van der Waals surface area contributed by atoms with Crippen molar-refractivity contribution < 1.29 is 4.39 Å². The third-order valence-corrected chi connectivity index (χ3v) is 3.57. The lowest BCUT2D eigenvalue weighted by Crippen LogP contribution is -1.95. The first-order chi connectivity index (χ1) is 8.66. The van der Waals surface area contributed by atoms with E-state index in [-0.39, 0.29) is 5.82 Å². The number of benzene rings is 1. The van der Waals surface area contributed by atoms with Crippen molar-refractivity contribution >= 4 is 39.2 Å². The SMILES string of the molecule is Fc1cc(-n2c(=S)[nH]c3cnccc32)ccc1Br. The molecule has 0 spiro atoms. The largest absolute Gasteiger partial charge is 0.329 e. The molecule has 0 atom stereocenters. The molecule has 0 radical (unpaired) electrons. The summed E-state index contributed by atoms with van der Waals surface area (Å²) >= 11 is 8.39. The van der Waals surface area contributed by atoms with Crippen molar-refractivity contribution in [3.8, 4) is 5.69 Å². The molecule has 0 fully saturated rings. The number of imidazole rings is 1. The van der Waals surface area contributed by atoms with E-state index in [0.717, 1.165) is 11.0 Å². The maximum absolute atomic E-state index is 13.6. The molecule has 0 aliphatic rings. The van der Waals surface area contributed by atoms with E-state index in [1.807, 2.05) is 6.07 Å². The van der Waals surface area contributed by atoms with Crippen LogP contribution in [0.15, 0.2) is 41.1 Å². The van der Waals surface area contributed by atoms with Gasteiger partial charge in [0.1, 0.15) is 5.82 Å². The van der Waals surface area contributed by atoms with Gasteiger partial charge in [-0.25, -0.2) is 4.39 Å². The Morgan fingerprint density at radius 3 is 2.94 bits per heavy atom. The van der Waals surface area contributed by atoms with E-state index in [2.05, 4.69) is 25.9 Å². The molecule has 3 rings (SSSR count). The molecule has 0 amide bonds. The molecular formula is C12H7BrFN3S. The van der Waals surface area contributed by atoms with Crippen LogP contribution in [0.1, 0.15) is 0 Å². The molecule has 6 heteroatoms. The first kappa shape index (κ1) is 11.6. The minimum absolute atomic E-state index is 0.321. The summed E-state index contributed by atoms with van der Waals surface area (Å²) in [6.45, 7) is 0. The van der Waals surface area contributed by atoms with E-state index in [4.69, 9.17) is 12.2 Å². The number of halogens is 2. The molecule has 1 aromatic carbocycles. The van der Waals surface area contributed by atoms with Crippen LogP contribution in [0.5, 0.6) is 0 Å². The minimum Gasteiger partial charge on any atom is -0.329 e. The average molecular weight is 324 g/mol. The summed E-state index contributed by atoms with van der Waals surface area (Å²) in [6, 6.07) is 6.73. The zero-order valence-corrected chi connectivity index (χ0v) is 11.4. The highest BCUT2D eigenvalue weighted by Crippen LogP contribution is 2.22. The Bertz CT molecular complexity index is 793. The number of aromatic amines is 1. The van der Waals surface area contributed by atoms with Gasteiger partial charge in [0.2, 0.25) is 0 Å². The van der Waals surface area contributed by atoms with Crippen LogP contribution in [0.4, 0.5) is 4.39 Å². The normalized spacial score (nSPS) is 11.0. The van der Waals surface area contributed by atoms with E-state index in [0.29, 0.717) is 14.9 Å². The second-order valence-electron chi connectivity index (χ2n) is 3.76. The van der Waals surface area contributed by atoms with Crippen LogP contribution >= 0.6 is 28.1 Å². The number of H-pyrrole nitrogens is 1. The summed E-state index contributed by atoms with van der Waals surface area (Å²) in [6.07, 6.45) is 3.37. The van der Waals surface area contributed by atoms with Gasteiger partial charge in [0.15, 0.2) is 4.77 Å². The predicted molar refractivity (Wildman–Crippen MR) is 73.9 cm³/mol.